The number of carbonyl (C=O) groups is 1. The van der Waals surface area contributed by atoms with Gasteiger partial charge in [0, 0.05) is 6.42 Å². The second-order valence-corrected chi connectivity index (χ2v) is 6.29. The van der Waals surface area contributed by atoms with Gasteiger partial charge in [0.15, 0.2) is 0 Å². The zero-order valence-corrected chi connectivity index (χ0v) is 13.3. The Bertz CT molecular complexity index is 610. The lowest BCUT2D eigenvalue weighted by Gasteiger charge is -2.27. The normalized spacial score (nSPS) is 19.9. The molecule has 1 amide bonds. The Labute approximate surface area is 134 Å². The van der Waals surface area contributed by atoms with E-state index in [0.29, 0.717) is 17.5 Å². The van der Waals surface area contributed by atoms with E-state index in [2.05, 4.69) is 10.6 Å². The SMILES string of the molecule is CC(C)C[C@H](NC1c2ccccc2CC1(F)F)C(=O)NCC#N. The molecule has 1 aromatic rings. The molecule has 0 bridgehead atoms. The van der Waals surface area contributed by atoms with Crippen molar-refractivity contribution in [3.63, 3.8) is 0 Å². The highest BCUT2D eigenvalue weighted by Gasteiger charge is 2.48. The van der Waals surface area contributed by atoms with Gasteiger partial charge in [-0.3, -0.25) is 10.1 Å². The van der Waals surface area contributed by atoms with Crippen LogP contribution in [-0.4, -0.2) is 24.4 Å². The van der Waals surface area contributed by atoms with Gasteiger partial charge in [-0.25, -0.2) is 8.78 Å². The quantitative estimate of drug-likeness (QED) is 0.792. The summed E-state index contributed by atoms with van der Waals surface area (Å²) in [5, 5.41) is 13.9. The van der Waals surface area contributed by atoms with Crippen LogP contribution in [0.3, 0.4) is 0 Å². The zero-order valence-electron chi connectivity index (χ0n) is 13.3. The molecule has 2 rings (SSSR count). The van der Waals surface area contributed by atoms with Crippen molar-refractivity contribution in [3.8, 4) is 6.07 Å². The molecule has 4 nitrogen and oxygen atoms in total. The average Bonchev–Trinajstić information content (AvgIpc) is 2.74. The summed E-state index contributed by atoms with van der Waals surface area (Å²) in [4.78, 5) is 12.2. The summed E-state index contributed by atoms with van der Waals surface area (Å²) in [7, 11) is 0. The van der Waals surface area contributed by atoms with Crippen LogP contribution in [-0.2, 0) is 11.2 Å². The number of fused-ring (bicyclic) bond motifs is 1. The first-order valence-electron chi connectivity index (χ1n) is 7.71. The van der Waals surface area contributed by atoms with Crippen LogP contribution >= 0.6 is 0 Å². The summed E-state index contributed by atoms with van der Waals surface area (Å²) in [5.41, 5.74) is 1.15. The van der Waals surface area contributed by atoms with E-state index >= 15 is 0 Å². The second kappa shape index (κ2) is 7.05. The van der Waals surface area contributed by atoms with Gasteiger partial charge in [-0.1, -0.05) is 38.1 Å². The highest BCUT2D eigenvalue weighted by molar-refractivity contribution is 5.82. The molecule has 0 aromatic heterocycles. The van der Waals surface area contributed by atoms with Gasteiger partial charge in [0.2, 0.25) is 5.91 Å². The van der Waals surface area contributed by atoms with E-state index in [1.54, 1.807) is 24.3 Å². The molecule has 23 heavy (non-hydrogen) atoms. The lowest BCUT2D eigenvalue weighted by atomic mass is 10.00. The van der Waals surface area contributed by atoms with E-state index in [9.17, 15) is 13.6 Å². The smallest absolute Gasteiger partial charge is 0.271 e. The standard InChI is InChI=1S/C17H21F2N3O/c1-11(2)9-14(16(23)21-8-7-20)22-15-13-6-4-3-5-12(13)10-17(15,18)19/h3-6,11,14-15,22H,8-10H2,1-2H3,(H,21,23)/t14-,15?/m0/s1. The number of hydrogen-bond acceptors (Lipinski definition) is 3. The molecule has 6 heteroatoms. The van der Waals surface area contributed by atoms with E-state index in [4.69, 9.17) is 5.26 Å². The average molecular weight is 321 g/mol. The van der Waals surface area contributed by atoms with Gasteiger partial charge < -0.3 is 5.32 Å². The van der Waals surface area contributed by atoms with Crippen LogP contribution in [0, 0.1) is 17.2 Å². The maximum Gasteiger partial charge on any atom is 0.271 e. The van der Waals surface area contributed by atoms with E-state index in [-0.39, 0.29) is 18.9 Å². The number of rotatable bonds is 6. The highest BCUT2D eigenvalue weighted by atomic mass is 19.3. The molecule has 0 radical (unpaired) electrons. The third-order valence-electron chi connectivity index (χ3n) is 3.95. The van der Waals surface area contributed by atoms with E-state index in [1.807, 2.05) is 19.9 Å². The number of nitrogens with zero attached hydrogens (tertiary/aromatic N) is 1. The predicted molar refractivity (Wildman–Crippen MR) is 82.8 cm³/mol. The Hall–Kier alpha value is -2.00. The molecule has 0 saturated heterocycles. The first-order valence-corrected chi connectivity index (χ1v) is 7.71. The van der Waals surface area contributed by atoms with Crippen LogP contribution in [0.4, 0.5) is 8.78 Å². The monoisotopic (exact) mass is 321 g/mol. The van der Waals surface area contributed by atoms with Crippen LogP contribution in [0.25, 0.3) is 0 Å². The van der Waals surface area contributed by atoms with Crippen LogP contribution in [0.15, 0.2) is 24.3 Å². The van der Waals surface area contributed by atoms with Crippen molar-refractivity contribution in [2.45, 2.75) is 44.7 Å². The number of carbonyl (C=O) groups excluding carboxylic acids is 1. The Morgan fingerprint density at radius 1 is 1.43 bits per heavy atom. The molecule has 124 valence electrons. The molecule has 0 aliphatic heterocycles. The van der Waals surface area contributed by atoms with Gasteiger partial charge in [-0.05, 0) is 23.5 Å². The van der Waals surface area contributed by atoms with Gasteiger partial charge in [0.05, 0.1) is 18.2 Å². The van der Waals surface area contributed by atoms with Crippen LogP contribution in [0.5, 0.6) is 0 Å². The van der Waals surface area contributed by atoms with E-state index < -0.39 is 23.9 Å². The van der Waals surface area contributed by atoms with Gasteiger partial charge >= 0.3 is 0 Å². The van der Waals surface area contributed by atoms with Crippen molar-refractivity contribution in [1.82, 2.24) is 10.6 Å². The van der Waals surface area contributed by atoms with Gasteiger partial charge in [0.25, 0.3) is 5.92 Å². The summed E-state index contributed by atoms with van der Waals surface area (Å²) in [6.45, 7) is 3.72. The molecule has 1 aromatic carbocycles. The minimum atomic E-state index is -2.94. The molecular formula is C17H21F2N3O. The maximum atomic E-state index is 14.4. The number of hydrogen-bond donors (Lipinski definition) is 2. The van der Waals surface area contributed by atoms with Gasteiger partial charge in [-0.15, -0.1) is 0 Å². The lowest BCUT2D eigenvalue weighted by molar-refractivity contribution is -0.124. The van der Waals surface area contributed by atoms with E-state index in [0.717, 1.165) is 0 Å². The lowest BCUT2D eigenvalue weighted by Crippen LogP contribution is -2.49. The summed E-state index contributed by atoms with van der Waals surface area (Å²) in [6, 6.07) is 6.71. The fourth-order valence-corrected chi connectivity index (χ4v) is 2.95. The molecular weight excluding hydrogens is 300 g/mol. The summed E-state index contributed by atoms with van der Waals surface area (Å²) in [5.74, 6) is -3.19. The van der Waals surface area contributed by atoms with Crippen LogP contribution in [0.1, 0.15) is 37.4 Å². The number of amides is 1. The highest BCUT2D eigenvalue weighted by Crippen LogP contribution is 2.43. The Kier molecular flexibility index (Phi) is 5.32. The van der Waals surface area contributed by atoms with Crippen LogP contribution in [0.2, 0.25) is 0 Å². The molecule has 0 fully saturated rings. The minimum absolute atomic E-state index is 0.132. The van der Waals surface area contributed by atoms with Gasteiger partial charge in [0.1, 0.15) is 6.54 Å². The van der Waals surface area contributed by atoms with Crippen molar-refractivity contribution >= 4 is 5.91 Å². The maximum absolute atomic E-state index is 14.4. The summed E-state index contributed by atoms with van der Waals surface area (Å²) < 4.78 is 28.7. The number of nitrogens with one attached hydrogen (secondary N) is 2. The Morgan fingerprint density at radius 2 is 2.13 bits per heavy atom. The van der Waals surface area contributed by atoms with Gasteiger partial charge in [-0.2, -0.15) is 5.26 Å². The molecule has 2 N–H and O–H groups in total. The molecule has 1 unspecified atom stereocenters. The van der Waals surface area contributed by atoms with Crippen molar-refractivity contribution in [2.75, 3.05) is 6.54 Å². The largest absolute Gasteiger partial charge is 0.342 e. The number of alkyl halides is 2. The minimum Gasteiger partial charge on any atom is -0.342 e. The zero-order chi connectivity index (χ0) is 17.0. The van der Waals surface area contributed by atoms with Crippen molar-refractivity contribution in [2.24, 2.45) is 5.92 Å². The number of halogens is 2. The number of benzene rings is 1. The Morgan fingerprint density at radius 3 is 2.78 bits per heavy atom. The fraction of sp³-hybridized carbons (Fsp3) is 0.529. The predicted octanol–water partition coefficient (Wildman–Crippen LogP) is 2.56. The topological polar surface area (TPSA) is 64.9 Å². The summed E-state index contributed by atoms with van der Waals surface area (Å²) >= 11 is 0. The van der Waals surface area contributed by atoms with Crippen molar-refractivity contribution in [3.05, 3.63) is 35.4 Å². The summed E-state index contributed by atoms with van der Waals surface area (Å²) in [6.07, 6.45) is 0.0983. The van der Waals surface area contributed by atoms with E-state index in [1.165, 1.54) is 0 Å². The number of nitriles is 1. The Balaban J connectivity index is 2.21. The van der Waals surface area contributed by atoms with Crippen molar-refractivity contribution in [1.29, 1.82) is 5.26 Å². The third kappa shape index (κ3) is 4.05. The first-order chi connectivity index (χ1) is 10.8. The molecule has 1 aliphatic rings. The first kappa shape index (κ1) is 17.4. The van der Waals surface area contributed by atoms with Crippen LogP contribution < -0.4 is 10.6 Å². The third-order valence-corrected chi connectivity index (χ3v) is 3.95. The fourth-order valence-electron chi connectivity index (χ4n) is 2.95. The van der Waals surface area contributed by atoms with Crippen molar-refractivity contribution < 1.29 is 13.6 Å². The second-order valence-electron chi connectivity index (χ2n) is 6.29. The molecule has 1 aliphatic carbocycles. The molecule has 2 atom stereocenters. The molecule has 0 heterocycles. The molecule has 0 saturated carbocycles. The molecule has 0 spiro atoms.